The highest BCUT2D eigenvalue weighted by Gasteiger charge is 2.08. The molecule has 0 saturated heterocycles. The Bertz CT molecular complexity index is 838. The highest BCUT2D eigenvalue weighted by Crippen LogP contribution is 2.22. The highest BCUT2D eigenvalue weighted by atomic mass is 16.4. The third kappa shape index (κ3) is 6.41. The summed E-state index contributed by atoms with van der Waals surface area (Å²) in [6.45, 7) is 3.92. The van der Waals surface area contributed by atoms with Crippen molar-refractivity contribution in [3.05, 3.63) is 82.2 Å². The van der Waals surface area contributed by atoms with Crippen LogP contribution >= 0.6 is 0 Å². The van der Waals surface area contributed by atoms with Gasteiger partial charge < -0.3 is 10.2 Å². The molecule has 0 amide bonds. The largest absolute Gasteiger partial charge is 0.502 e. The first-order valence-electron chi connectivity index (χ1n) is 9.22. The molecule has 0 aliphatic heterocycles. The number of carbonyl (C=O) groups excluding carboxylic acids is 1. The lowest BCUT2D eigenvalue weighted by Gasteiger charge is -2.11. The maximum absolute atomic E-state index is 11.9. The van der Waals surface area contributed by atoms with Crippen LogP contribution in [0.4, 0.5) is 0 Å². The van der Waals surface area contributed by atoms with Crippen molar-refractivity contribution in [3.63, 3.8) is 0 Å². The molecule has 0 fully saturated rings. The van der Waals surface area contributed by atoms with E-state index in [0.717, 1.165) is 41.5 Å². The van der Waals surface area contributed by atoms with Crippen molar-refractivity contribution < 1.29 is 19.8 Å². The minimum atomic E-state index is -1.32. The summed E-state index contributed by atoms with van der Waals surface area (Å²) in [5, 5.41) is 18.3. The number of aryl methyl sites for hydroxylation is 1. The molecule has 0 radical (unpaired) electrons. The lowest BCUT2D eigenvalue weighted by Crippen LogP contribution is -2.00. The van der Waals surface area contributed by atoms with Gasteiger partial charge in [0.2, 0.25) is 5.76 Å². The molecule has 0 heterocycles. The normalized spacial score (nSPS) is 21.0. The standard InChI is InChI=1S/C23H26O4/c1-3-21(24)20-6-4-5-17(14-20)9-10-18-11-12-19(8-7-16(2)13-18)15-22(25)23(26)27/h4-6,11-15,25H,3,7-10H2,1-2H3,(H,26,27)/b16-13+,18-11-,19-12+,22-15-. The molecule has 27 heavy (non-hydrogen) atoms. The molecule has 0 atom stereocenters. The van der Waals surface area contributed by atoms with E-state index in [1.54, 1.807) is 0 Å². The van der Waals surface area contributed by atoms with Gasteiger partial charge in [-0.15, -0.1) is 0 Å². The number of allylic oxidation sites excluding steroid dienone is 7. The zero-order valence-corrected chi connectivity index (χ0v) is 15.9. The first kappa shape index (κ1) is 20.4. The third-order valence-electron chi connectivity index (χ3n) is 4.56. The molecule has 0 unspecified atom stereocenters. The molecule has 1 aromatic rings. The Kier molecular flexibility index (Phi) is 7.35. The van der Waals surface area contributed by atoms with E-state index in [1.807, 2.05) is 43.3 Å². The van der Waals surface area contributed by atoms with Gasteiger partial charge in [-0.3, -0.25) is 4.79 Å². The number of hydrogen-bond acceptors (Lipinski definition) is 3. The van der Waals surface area contributed by atoms with E-state index in [0.29, 0.717) is 12.8 Å². The number of carboxylic acid groups (broad SMARTS) is 1. The van der Waals surface area contributed by atoms with Crippen LogP contribution in [0, 0.1) is 0 Å². The smallest absolute Gasteiger partial charge is 0.370 e. The molecule has 2 N–H and O–H groups in total. The summed E-state index contributed by atoms with van der Waals surface area (Å²) in [5.41, 5.74) is 5.02. The van der Waals surface area contributed by atoms with Crippen LogP contribution in [0.1, 0.15) is 55.5 Å². The van der Waals surface area contributed by atoms with Crippen molar-refractivity contribution in [2.75, 3.05) is 0 Å². The van der Waals surface area contributed by atoms with Crippen LogP contribution in [0.5, 0.6) is 0 Å². The minimum absolute atomic E-state index is 0.148. The van der Waals surface area contributed by atoms with Gasteiger partial charge in [-0.25, -0.2) is 4.79 Å². The van der Waals surface area contributed by atoms with Gasteiger partial charge in [0.1, 0.15) is 0 Å². The SMILES string of the molecule is CCC(=O)c1cccc(CCC2=C/C=C(/C=C(\O)C(=O)O)CC\C(C)=C\2)c1. The van der Waals surface area contributed by atoms with E-state index in [9.17, 15) is 14.7 Å². The predicted octanol–water partition coefficient (Wildman–Crippen LogP) is 5.33. The van der Waals surface area contributed by atoms with E-state index < -0.39 is 11.7 Å². The second kappa shape index (κ2) is 9.72. The van der Waals surface area contributed by atoms with E-state index in [-0.39, 0.29) is 5.78 Å². The number of aliphatic carboxylic acids is 1. The van der Waals surface area contributed by atoms with Crippen molar-refractivity contribution in [2.45, 2.75) is 46.0 Å². The summed E-state index contributed by atoms with van der Waals surface area (Å²) >= 11 is 0. The summed E-state index contributed by atoms with van der Waals surface area (Å²) in [5.74, 6) is -1.82. The Labute approximate surface area is 160 Å². The molecule has 1 aliphatic carbocycles. The van der Waals surface area contributed by atoms with Crippen molar-refractivity contribution in [3.8, 4) is 0 Å². The molecule has 4 heteroatoms. The molecule has 1 aromatic carbocycles. The molecule has 142 valence electrons. The molecule has 0 saturated carbocycles. The predicted molar refractivity (Wildman–Crippen MR) is 107 cm³/mol. The number of Topliss-reactive ketones (excluding diaryl/α,β-unsaturated/α-hetero) is 1. The van der Waals surface area contributed by atoms with Crippen LogP contribution in [0.25, 0.3) is 0 Å². The van der Waals surface area contributed by atoms with Gasteiger partial charge in [-0.2, -0.15) is 0 Å². The van der Waals surface area contributed by atoms with Crippen LogP contribution in [0.2, 0.25) is 0 Å². The number of aliphatic hydroxyl groups is 1. The van der Waals surface area contributed by atoms with Gasteiger partial charge in [-0.1, -0.05) is 48.9 Å². The van der Waals surface area contributed by atoms with Crippen LogP contribution in [0.3, 0.4) is 0 Å². The molecule has 2 rings (SSSR count). The van der Waals surface area contributed by atoms with Gasteiger partial charge >= 0.3 is 5.97 Å². The zero-order valence-electron chi connectivity index (χ0n) is 15.9. The fourth-order valence-corrected chi connectivity index (χ4v) is 2.98. The minimum Gasteiger partial charge on any atom is -0.502 e. The number of carboxylic acids is 1. The van der Waals surface area contributed by atoms with Crippen LogP contribution in [-0.4, -0.2) is 22.0 Å². The van der Waals surface area contributed by atoms with Crippen molar-refractivity contribution in [1.82, 2.24) is 0 Å². The van der Waals surface area contributed by atoms with Gasteiger partial charge in [0, 0.05) is 12.0 Å². The summed E-state index contributed by atoms with van der Waals surface area (Å²) in [6.07, 6.45) is 11.0. The van der Waals surface area contributed by atoms with Crippen LogP contribution in [0.15, 0.2) is 71.0 Å². The lowest BCUT2D eigenvalue weighted by atomic mass is 9.95. The summed E-state index contributed by atoms with van der Waals surface area (Å²) in [6, 6.07) is 7.76. The average molecular weight is 366 g/mol. The molecule has 0 aromatic heterocycles. The summed E-state index contributed by atoms with van der Waals surface area (Å²) in [7, 11) is 0. The first-order valence-corrected chi connectivity index (χ1v) is 9.22. The van der Waals surface area contributed by atoms with E-state index in [2.05, 4.69) is 13.0 Å². The molecule has 0 bridgehead atoms. The molecular formula is C23H26O4. The maximum Gasteiger partial charge on any atom is 0.370 e. The summed E-state index contributed by atoms with van der Waals surface area (Å²) in [4.78, 5) is 22.7. The maximum atomic E-state index is 11.9. The van der Waals surface area contributed by atoms with Crippen molar-refractivity contribution in [1.29, 1.82) is 0 Å². The molecule has 0 spiro atoms. The molecular weight excluding hydrogens is 340 g/mol. The van der Waals surface area contributed by atoms with E-state index in [1.165, 1.54) is 11.6 Å². The monoisotopic (exact) mass is 366 g/mol. The number of hydrogen-bond donors (Lipinski definition) is 2. The van der Waals surface area contributed by atoms with Gasteiger partial charge in [0.15, 0.2) is 5.78 Å². The topological polar surface area (TPSA) is 74.6 Å². The quantitative estimate of drug-likeness (QED) is 0.388. The fourth-order valence-electron chi connectivity index (χ4n) is 2.98. The van der Waals surface area contributed by atoms with Crippen molar-refractivity contribution >= 4 is 11.8 Å². The lowest BCUT2D eigenvalue weighted by molar-refractivity contribution is -0.135. The fraction of sp³-hybridized carbons (Fsp3) is 0.304. The number of rotatable bonds is 7. The van der Waals surface area contributed by atoms with Crippen LogP contribution < -0.4 is 0 Å². The third-order valence-corrected chi connectivity index (χ3v) is 4.56. The number of aliphatic hydroxyl groups excluding tert-OH is 1. The Hall–Kier alpha value is -2.88. The van der Waals surface area contributed by atoms with E-state index >= 15 is 0 Å². The summed E-state index contributed by atoms with van der Waals surface area (Å²) < 4.78 is 0. The second-order valence-corrected chi connectivity index (χ2v) is 6.79. The molecule has 1 aliphatic rings. The highest BCUT2D eigenvalue weighted by molar-refractivity contribution is 5.95. The second-order valence-electron chi connectivity index (χ2n) is 6.79. The van der Waals surface area contributed by atoms with Crippen molar-refractivity contribution in [2.24, 2.45) is 0 Å². The average Bonchev–Trinajstić information content (AvgIpc) is 2.65. The van der Waals surface area contributed by atoms with Crippen LogP contribution in [-0.2, 0) is 11.2 Å². The van der Waals surface area contributed by atoms with Gasteiger partial charge in [-0.05, 0) is 61.5 Å². The van der Waals surface area contributed by atoms with Gasteiger partial charge in [0.05, 0.1) is 0 Å². The van der Waals surface area contributed by atoms with Gasteiger partial charge in [0.25, 0.3) is 0 Å². The Morgan fingerprint density at radius 2 is 1.89 bits per heavy atom. The molecule has 4 nitrogen and oxygen atoms in total. The Balaban J connectivity index is 2.16. The Morgan fingerprint density at radius 3 is 2.59 bits per heavy atom. The first-order chi connectivity index (χ1) is 12.9. The number of ketones is 1. The Morgan fingerprint density at radius 1 is 1.11 bits per heavy atom. The number of benzene rings is 1. The zero-order chi connectivity index (χ0) is 19.8. The van der Waals surface area contributed by atoms with E-state index in [4.69, 9.17) is 5.11 Å². The number of carbonyl (C=O) groups is 2.